The molecule has 1 unspecified atom stereocenters. The van der Waals surface area contributed by atoms with Crippen LogP contribution in [0.15, 0.2) is 4.99 Å². The minimum Gasteiger partial charge on any atom is -0.357 e. The van der Waals surface area contributed by atoms with Crippen molar-refractivity contribution in [3.05, 3.63) is 0 Å². The normalized spacial score (nSPS) is 22.1. The van der Waals surface area contributed by atoms with Gasteiger partial charge in [-0.3, -0.25) is 0 Å². The zero-order valence-corrected chi connectivity index (χ0v) is 11.3. The number of thioether (sulfide) groups is 1. The van der Waals surface area contributed by atoms with Crippen molar-refractivity contribution in [1.82, 2.24) is 10.2 Å². The summed E-state index contributed by atoms with van der Waals surface area (Å²) in [5.41, 5.74) is 0. The molecule has 1 heterocycles. The quantitative estimate of drug-likeness (QED) is 0.623. The van der Waals surface area contributed by atoms with E-state index in [2.05, 4.69) is 22.1 Å². The van der Waals surface area contributed by atoms with Crippen molar-refractivity contribution in [2.75, 3.05) is 31.9 Å². The summed E-state index contributed by atoms with van der Waals surface area (Å²) < 4.78 is 24.4. The van der Waals surface area contributed by atoms with Gasteiger partial charge in [-0.2, -0.15) is 11.8 Å². The lowest BCUT2D eigenvalue weighted by Crippen LogP contribution is -2.48. The molecule has 3 nitrogen and oxygen atoms in total. The molecule has 1 fully saturated rings. The van der Waals surface area contributed by atoms with Gasteiger partial charge in [-0.15, -0.1) is 0 Å². The topological polar surface area (TPSA) is 27.6 Å². The number of guanidine groups is 1. The molecule has 0 aromatic carbocycles. The van der Waals surface area contributed by atoms with Gasteiger partial charge in [-0.25, -0.2) is 13.8 Å². The van der Waals surface area contributed by atoms with E-state index in [0.717, 1.165) is 25.3 Å². The van der Waals surface area contributed by atoms with E-state index in [1.54, 1.807) is 0 Å². The predicted octanol–water partition coefficient (Wildman–Crippen LogP) is 2.04. The Hall–Kier alpha value is -0.520. The highest BCUT2D eigenvalue weighted by Crippen LogP contribution is 2.21. The van der Waals surface area contributed by atoms with E-state index in [1.165, 1.54) is 0 Å². The second-order valence-corrected chi connectivity index (χ2v) is 5.34. The van der Waals surface area contributed by atoms with Crippen LogP contribution in [-0.2, 0) is 0 Å². The maximum absolute atomic E-state index is 12.2. The van der Waals surface area contributed by atoms with Crippen molar-refractivity contribution in [2.45, 2.75) is 31.9 Å². The van der Waals surface area contributed by atoms with Gasteiger partial charge < -0.3 is 10.2 Å². The predicted molar refractivity (Wildman–Crippen MR) is 70.1 cm³/mol. The Morgan fingerprint density at radius 3 is 2.88 bits per heavy atom. The monoisotopic (exact) mass is 265 g/mol. The first kappa shape index (κ1) is 14.5. The Morgan fingerprint density at radius 2 is 2.29 bits per heavy atom. The van der Waals surface area contributed by atoms with Crippen molar-refractivity contribution in [2.24, 2.45) is 4.99 Å². The average Bonchev–Trinajstić information content (AvgIpc) is 2.34. The molecule has 0 aromatic rings. The van der Waals surface area contributed by atoms with E-state index in [9.17, 15) is 8.78 Å². The zero-order chi connectivity index (χ0) is 12.7. The largest absolute Gasteiger partial charge is 0.357 e. The molecule has 17 heavy (non-hydrogen) atoms. The fourth-order valence-electron chi connectivity index (χ4n) is 1.74. The van der Waals surface area contributed by atoms with Gasteiger partial charge in [0.25, 0.3) is 6.43 Å². The maximum Gasteiger partial charge on any atom is 0.257 e. The molecule has 6 heteroatoms. The van der Waals surface area contributed by atoms with E-state index in [-0.39, 0.29) is 0 Å². The van der Waals surface area contributed by atoms with Crippen molar-refractivity contribution >= 4 is 17.7 Å². The standard InChI is InChI=1S/C11H21F2N3S/c1-3-9-8-16(5-6-17-9)11(14-4-2)15-7-10(12)13/h9-10H,3-8H2,1-2H3,(H,14,15). The Balaban J connectivity index is 2.59. The van der Waals surface area contributed by atoms with Gasteiger partial charge in [0.2, 0.25) is 0 Å². The summed E-state index contributed by atoms with van der Waals surface area (Å²) in [6.45, 7) is 6.19. The molecular formula is C11H21F2N3S. The SMILES string of the molecule is CCNC(=NCC(F)F)N1CCSC(CC)C1. The highest BCUT2D eigenvalue weighted by molar-refractivity contribution is 8.00. The number of nitrogens with one attached hydrogen (secondary N) is 1. The highest BCUT2D eigenvalue weighted by Gasteiger charge is 2.21. The van der Waals surface area contributed by atoms with Crippen LogP contribution in [0.2, 0.25) is 0 Å². The van der Waals surface area contributed by atoms with Crippen LogP contribution in [-0.4, -0.2) is 54.5 Å². The van der Waals surface area contributed by atoms with Gasteiger partial charge in [0.15, 0.2) is 5.96 Å². The highest BCUT2D eigenvalue weighted by atomic mass is 32.2. The minimum absolute atomic E-state index is 0.414. The number of aliphatic imine (C=N–C) groups is 1. The molecule has 0 bridgehead atoms. The summed E-state index contributed by atoms with van der Waals surface area (Å²) in [7, 11) is 0. The van der Waals surface area contributed by atoms with Crippen molar-refractivity contribution in [1.29, 1.82) is 0 Å². The van der Waals surface area contributed by atoms with Crippen molar-refractivity contribution < 1.29 is 8.78 Å². The van der Waals surface area contributed by atoms with Crippen molar-refractivity contribution in [3.8, 4) is 0 Å². The van der Waals surface area contributed by atoms with E-state index in [0.29, 0.717) is 17.8 Å². The third-order valence-electron chi connectivity index (χ3n) is 2.61. The van der Waals surface area contributed by atoms with Crippen molar-refractivity contribution in [3.63, 3.8) is 0 Å². The summed E-state index contributed by atoms with van der Waals surface area (Å²) in [6.07, 6.45) is -1.26. The van der Waals surface area contributed by atoms with Gasteiger partial charge in [0.05, 0.1) is 0 Å². The molecule has 100 valence electrons. The third-order valence-corrected chi connectivity index (χ3v) is 3.98. The average molecular weight is 265 g/mol. The molecule has 0 aromatic heterocycles. The Labute approximate surface area is 106 Å². The molecular weight excluding hydrogens is 244 g/mol. The third kappa shape index (κ3) is 5.10. The molecule has 1 aliphatic rings. The summed E-state index contributed by atoms with van der Waals surface area (Å²) >= 11 is 1.95. The molecule has 0 radical (unpaired) electrons. The van der Waals surface area contributed by atoms with Crippen LogP contribution < -0.4 is 5.32 Å². The molecule has 0 spiro atoms. The number of halogens is 2. The van der Waals surface area contributed by atoms with Crippen LogP contribution in [0.4, 0.5) is 8.78 Å². The fourth-order valence-corrected chi connectivity index (χ4v) is 2.92. The van der Waals surface area contributed by atoms with Gasteiger partial charge >= 0.3 is 0 Å². The Bertz CT molecular complexity index is 249. The van der Waals surface area contributed by atoms with Crippen LogP contribution in [0.3, 0.4) is 0 Å². The van der Waals surface area contributed by atoms with Gasteiger partial charge in [0, 0.05) is 30.6 Å². The first-order valence-corrected chi connectivity index (χ1v) is 7.15. The van der Waals surface area contributed by atoms with E-state index >= 15 is 0 Å². The van der Waals surface area contributed by atoms with E-state index < -0.39 is 13.0 Å². The van der Waals surface area contributed by atoms with Crippen LogP contribution >= 0.6 is 11.8 Å². The lowest BCUT2D eigenvalue weighted by Gasteiger charge is -2.34. The molecule has 1 N–H and O–H groups in total. The molecule has 0 saturated carbocycles. The Kier molecular flexibility index (Phi) is 6.62. The van der Waals surface area contributed by atoms with Crippen LogP contribution in [0.25, 0.3) is 0 Å². The minimum atomic E-state index is -2.37. The molecule has 1 atom stereocenters. The number of alkyl halides is 2. The van der Waals surface area contributed by atoms with Gasteiger partial charge in [-0.05, 0) is 13.3 Å². The molecule has 1 saturated heterocycles. The van der Waals surface area contributed by atoms with Gasteiger partial charge in [0.1, 0.15) is 6.54 Å². The van der Waals surface area contributed by atoms with Crippen LogP contribution in [0.1, 0.15) is 20.3 Å². The second-order valence-electron chi connectivity index (χ2n) is 3.93. The number of hydrogen-bond acceptors (Lipinski definition) is 2. The van der Waals surface area contributed by atoms with E-state index in [4.69, 9.17) is 0 Å². The maximum atomic E-state index is 12.2. The fraction of sp³-hybridized carbons (Fsp3) is 0.909. The molecule has 0 amide bonds. The first-order valence-electron chi connectivity index (χ1n) is 6.10. The van der Waals surface area contributed by atoms with Crippen LogP contribution in [0, 0.1) is 0 Å². The smallest absolute Gasteiger partial charge is 0.257 e. The Morgan fingerprint density at radius 1 is 1.53 bits per heavy atom. The van der Waals surface area contributed by atoms with Gasteiger partial charge in [-0.1, -0.05) is 6.92 Å². The summed E-state index contributed by atoms with van der Waals surface area (Å²) in [5, 5.41) is 3.67. The lowest BCUT2D eigenvalue weighted by atomic mass is 10.3. The molecule has 1 rings (SSSR count). The first-order chi connectivity index (χ1) is 8.17. The summed E-state index contributed by atoms with van der Waals surface area (Å²) in [4.78, 5) is 6.07. The number of nitrogens with zero attached hydrogens (tertiary/aromatic N) is 2. The number of rotatable bonds is 4. The summed E-state index contributed by atoms with van der Waals surface area (Å²) in [6, 6.07) is 0. The van der Waals surface area contributed by atoms with Crippen LogP contribution in [0.5, 0.6) is 0 Å². The van der Waals surface area contributed by atoms with E-state index in [1.807, 2.05) is 18.7 Å². The summed E-state index contributed by atoms with van der Waals surface area (Å²) in [5.74, 6) is 1.67. The number of hydrogen-bond donors (Lipinski definition) is 1. The second kappa shape index (κ2) is 7.74. The lowest BCUT2D eigenvalue weighted by molar-refractivity contribution is 0.158. The molecule has 0 aliphatic carbocycles. The molecule has 1 aliphatic heterocycles. The zero-order valence-electron chi connectivity index (χ0n) is 10.5.